The monoisotopic (exact) mass is 435 g/mol. The molecular weight excluding hydrogens is 405 g/mol. The maximum atomic E-state index is 5.63. The molecule has 23 heavy (non-hydrogen) atoms. The van der Waals surface area contributed by atoms with E-state index in [1.54, 1.807) is 0 Å². The Labute approximate surface area is 157 Å². The lowest BCUT2D eigenvalue weighted by Crippen LogP contribution is -2.38. The number of nitrogens with one attached hydrogen (secondary N) is 2. The number of ether oxygens (including phenoxy) is 2. The zero-order valence-electron chi connectivity index (χ0n) is 14.4. The van der Waals surface area contributed by atoms with Crippen molar-refractivity contribution in [3.05, 3.63) is 29.8 Å². The fraction of sp³-hybridized carbons (Fsp3) is 0.588. The van der Waals surface area contributed by atoms with Crippen molar-refractivity contribution in [1.82, 2.24) is 10.6 Å². The van der Waals surface area contributed by atoms with Gasteiger partial charge >= 0.3 is 0 Å². The third-order valence-corrected chi connectivity index (χ3v) is 2.99. The molecule has 132 valence electrons. The van der Waals surface area contributed by atoms with Crippen LogP contribution in [0.4, 0.5) is 0 Å². The highest BCUT2D eigenvalue weighted by Crippen LogP contribution is 2.18. The van der Waals surface area contributed by atoms with Crippen molar-refractivity contribution < 1.29 is 9.47 Å². The van der Waals surface area contributed by atoms with E-state index in [1.165, 1.54) is 0 Å². The molecule has 0 spiro atoms. The fourth-order valence-electron chi connectivity index (χ4n) is 1.96. The van der Waals surface area contributed by atoms with Gasteiger partial charge < -0.3 is 20.1 Å². The van der Waals surface area contributed by atoms with E-state index in [-0.39, 0.29) is 24.0 Å². The third kappa shape index (κ3) is 9.65. The van der Waals surface area contributed by atoms with Crippen LogP contribution < -0.4 is 15.4 Å². The molecule has 0 atom stereocenters. The highest BCUT2D eigenvalue weighted by molar-refractivity contribution is 14.0. The van der Waals surface area contributed by atoms with Gasteiger partial charge in [-0.05, 0) is 33.3 Å². The molecule has 1 aromatic carbocycles. The van der Waals surface area contributed by atoms with Gasteiger partial charge in [0, 0.05) is 31.9 Å². The summed E-state index contributed by atoms with van der Waals surface area (Å²) < 4.78 is 11.0. The second kappa shape index (κ2) is 14.6. The van der Waals surface area contributed by atoms with Crippen molar-refractivity contribution >= 4 is 29.9 Å². The van der Waals surface area contributed by atoms with Crippen LogP contribution in [0.15, 0.2) is 29.3 Å². The van der Waals surface area contributed by atoms with Crippen LogP contribution in [0.25, 0.3) is 0 Å². The first-order valence-corrected chi connectivity index (χ1v) is 8.12. The minimum atomic E-state index is 0. The zero-order valence-corrected chi connectivity index (χ0v) is 16.8. The molecule has 0 aliphatic rings. The van der Waals surface area contributed by atoms with Crippen LogP contribution in [0, 0.1) is 0 Å². The number of halogens is 1. The Morgan fingerprint density at radius 1 is 1.09 bits per heavy atom. The van der Waals surface area contributed by atoms with E-state index in [0.717, 1.165) is 50.0 Å². The molecule has 0 aliphatic heterocycles. The smallest absolute Gasteiger partial charge is 0.191 e. The van der Waals surface area contributed by atoms with Gasteiger partial charge in [-0.3, -0.25) is 0 Å². The van der Waals surface area contributed by atoms with Crippen molar-refractivity contribution in [1.29, 1.82) is 0 Å². The molecular formula is C17H30IN3O2. The lowest BCUT2D eigenvalue weighted by Gasteiger charge is -2.12. The Morgan fingerprint density at radius 3 is 2.57 bits per heavy atom. The number of guanidine groups is 1. The first kappa shape index (κ1) is 22.0. The topological polar surface area (TPSA) is 54.9 Å². The molecule has 0 saturated carbocycles. The molecule has 0 heterocycles. The van der Waals surface area contributed by atoms with E-state index in [0.29, 0.717) is 13.2 Å². The molecule has 6 heteroatoms. The predicted octanol–water partition coefficient (Wildman–Crippen LogP) is 3.19. The third-order valence-electron chi connectivity index (χ3n) is 2.99. The molecule has 5 nitrogen and oxygen atoms in total. The van der Waals surface area contributed by atoms with Crippen LogP contribution in [0.5, 0.6) is 5.75 Å². The maximum absolute atomic E-state index is 5.63. The molecule has 0 saturated heterocycles. The molecule has 0 aromatic heterocycles. The van der Waals surface area contributed by atoms with Gasteiger partial charge in [0.2, 0.25) is 0 Å². The number of benzene rings is 1. The zero-order chi connectivity index (χ0) is 16.0. The van der Waals surface area contributed by atoms with Crippen molar-refractivity contribution in [2.24, 2.45) is 4.99 Å². The van der Waals surface area contributed by atoms with E-state index in [4.69, 9.17) is 9.47 Å². The molecule has 1 aromatic rings. The summed E-state index contributed by atoms with van der Waals surface area (Å²) in [6.45, 7) is 10.5. The van der Waals surface area contributed by atoms with E-state index in [1.807, 2.05) is 38.1 Å². The van der Waals surface area contributed by atoms with Gasteiger partial charge in [-0.1, -0.05) is 18.2 Å². The van der Waals surface area contributed by atoms with Crippen LogP contribution in [0.2, 0.25) is 0 Å². The number of para-hydroxylation sites is 1. The summed E-state index contributed by atoms with van der Waals surface area (Å²) in [5, 5.41) is 6.57. The molecule has 0 aliphatic carbocycles. The lowest BCUT2D eigenvalue weighted by atomic mass is 10.2. The second-order valence-corrected chi connectivity index (χ2v) is 4.71. The standard InChI is InChI=1S/C17H29N3O2.HI/c1-4-18-17(19-12-9-13-21-5-2)20-14-15-10-7-8-11-16(15)22-6-3;/h7-8,10-11H,4-6,9,12-14H2,1-3H3,(H2,18,19,20);1H. The predicted molar refractivity (Wildman–Crippen MR) is 107 cm³/mol. The molecule has 0 radical (unpaired) electrons. The molecule has 0 amide bonds. The van der Waals surface area contributed by atoms with Gasteiger partial charge in [-0.25, -0.2) is 4.99 Å². The van der Waals surface area contributed by atoms with Gasteiger partial charge in [0.05, 0.1) is 13.2 Å². The molecule has 1 rings (SSSR count). The Morgan fingerprint density at radius 2 is 1.87 bits per heavy atom. The quantitative estimate of drug-likeness (QED) is 0.257. The first-order valence-electron chi connectivity index (χ1n) is 8.12. The number of hydrogen-bond donors (Lipinski definition) is 2. The molecule has 2 N–H and O–H groups in total. The van der Waals surface area contributed by atoms with Crippen molar-refractivity contribution in [2.75, 3.05) is 32.9 Å². The van der Waals surface area contributed by atoms with Crippen LogP contribution in [-0.4, -0.2) is 38.9 Å². The second-order valence-electron chi connectivity index (χ2n) is 4.71. The van der Waals surface area contributed by atoms with Gasteiger partial charge in [-0.2, -0.15) is 0 Å². The summed E-state index contributed by atoms with van der Waals surface area (Å²) in [6, 6.07) is 8.02. The maximum Gasteiger partial charge on any atom is 0.191 e. The summed E-state index contributed by atoms with van der Waals surface area (Å²) in [6.07, 6.45) is 0.966. The summed E-state index contributed by atoms with van der Waals surface area (Å²) in [5.74, 6) is 1.73. The summed E-state index contributed by atoms with van der Waals surface area (Å²) >= 11 is 0. The molecule has 0 bridgehead atoms. The summed E-state index contributed by atoms with van der Waals surface area (Å²) in [7, 11) is 0. The highest BCUT2D eigenvalue weighted by Gasteiger charge is 2.02. The van der Waals surface area contributed by atoms with Crippen molar-refractivity contribution in [3.8, 4) is 5.75 Å². The molecule has 0 fully saturated rings. The fourth-order valence-corrected chi connectivity index (χ4v) is 1.96. The van der Waals surface area contributed by atoms with Crippen molar-refractivity contribution in [2.45, 2.75) is 33.7 Å². The average Bonchev–Trinajstić information content (AvgIpc) is 2.54. The largest absolute Gasteiger partial charge is 0.494 e. The summed E-state index contributed by atoms with van der Waals surface area (Å²) in [4.78, 5) is 4.62. The van der Waals surface area contributed by atoms with Crippen LogP contribution in [-0.2, 0) is 11.3 Å². The van der Waals surface area contributed by atoms with Gasteiger partial charge in [0.15, 0.2) is 5.96 Å². The Bertz CT molecular complexity index is 442. The number of nitrogens with zero attached hydrogens (tertiary/aromatic N) is 1. The molecule has 0 unspecified atom stereocenters. The Hall–Kier alpha value is -1.02. The minimum absolute atomic E-state index is 0. The van der Waals surface area contributed by atoms with E-state index in [2.05, 4.69) is 22.5 Å². The summed E-state index contributed by atoms with van der Waals surface area (Å²) in [5.41, 5.74) is 1.09. The highest BCUT2D eigenvalue weighted by atomic mass is 127. The van der Waals surface area contributed by atoms with Crippen LogP contribution >= 0.6 is 24.0 Å². The lowest BCUT2D eigenvalue weighted by molar-refractivity contribution is 0.145. The van der Waals surface area contributed by atoms with E-state index >= 15 is 0 Å². The van der Waals surface area contributed by atoms with Crippen molar-refractivity contribution in [3.63, 3.8) is 0 Å². The normalized spacial score (nSPS) is 10.8. The minimum Gasteiger partial charge on any atom is -0.494 e. The average molecular weight is 435 g/mol. The Balaban J connectivity index is 0.00000484. The number of rotatable bonds is 10. The number of aliphatic imine (C=N–C) groups is 1. The Kier molecular flexibility index (Phi) is 13.9. The van der Waals surface area contributed by atoms with Gasteiger partial charge in [0.1, 0.15) is 5.75 Å². The first-order chi connectivity index (χ1) is 10.8. The van der Waals surface area contributed by atoms with Crippen LogP contribution in [0.3, 0.4) is 0 Å². The van der Waals surface area contributed by atoms with E-state index < -0.39 is 0 Å². The van der Waals surface area contributed by atoms with Gasteiger partial charge in [-0.15, -0.1) is 24.0 Å². The van der Waals surface area contributed by atoms with Crippen LogP contribution in [0.1, 0.15) is 32.8 Å². The van der Waals surface area contributed by atoms with E-state index in [9.17, 15) is 0 Å². The SMILES string of the molecule is CCNC(=NCc1ccccc1OCC)NCCCOCC.I. The van der Waals surface area contributed by atoms with Gasteiger partial charge in [0.25, 0.3) is 0 Å². The number of hydrogen-bond acceptors (Lipinski definition) is 3.